The highest BCUT2D eigenvalue weighted by Crippen LogP contribution is 2.39. The molecule has 4 atom stereocenters. The van der Waals surface area contributed by atoms with Crippen molar-refractivity contribution in [3.8, 4) is 0 Å². The monoisotopic (exact) mass is 428 g/mol. The fourth-order valence-electron chi connectivity index (χ4n) is 2.54. The molecule has 1 aliphatic heterocycles. The van der Waals surface area contributed by atoms with Gasteiger partial charge in [-0.05, 0) is 20.1 Å². The summed E-state index contributed by atoms with van der Waals surface area (Å²) in [5, 5.41) is 0. The van der Waals surface area contributed by atoms with Gasteiger partial charge < -0.3 is 19.3 Å². The number of rotatable bonds is 8. The highest BCUT2D eigenvalue weighted by molar-refractivity contribution is 8.76. The molecule has 0 bridgehead atoms. The van der Waals surface area contributed by atoms with E-state index in [0.29, 0.717) is 5.56 Å². The molecular weight excluding hydrogens is 407 g/mol. The van der Waals surface area contributed by atoms with E-state index in [0.717, 1.165) is 0 Å². The van der Waals surface area contributed by atoms with Crippen molar-refractivity contribution < 1.29 is 28.3 Å². The van der Waals surface area contributed by atoms with Crippen LogP contribution in [0.2, 0.25) is 0 Å². The number of H-pyrrole nitrogens is 1. The molecule has 1 fully saturated rings. The lowest BCUT2D eigenvalue weighted by molar-refractivity contribution is -0.0635. The Hall–Kier alpha value is -0.590. The van der Waals surface area contributed by atoms with Crippen molar-refractivity contribution in [2.24, 2.45) is 0 Å². The smallest absolute Gasteiger partial charge is 0.361 e. The second-order valence-electron chi connectivity index (χ2n) is 5.63. The van der Waals surface area contributed by atoms with E-state index in [1.807, 2.05) is 13.2 Å². The van der Waals surface area contributed by atoms with Crippen LogP contribution in [-0.4, -0.2) is 49.8 Å². The molecule has 2 rings (SSSR count). The summed E-state index contributed by atoms with van der Waals surface area (Å²) >= 11 is 0. The van der Waals surface area contributed by atoms with E-state index in [-0.39, 0.29) is 18.5 Å². The van der Waals surface area contributed by atoms with Crippen LogP contribution in [0.25, 0.3) is 0 Å². The van der Waals surface area contributed by atoms with Crippen molar-refractivity contribution in [3.05, 3.63) is 32.6 Å². The predicted octanol–water partition coefficient (Wildman–Crippen LogP) is 0.984. The van der Waals surface area contributed by atoms with E-state index in [1.165, 1.54) is 32.4 Å². The number of phosphoric ester groups is 1. The molecule has 13 heteroatoms. The van der Waals surface area contributed by atoms with Gasteiger partial charge in [0.25, 0.3) is 5.56 Å². The number of aryl methyl sites for hydroxylation is 1. The van der Waals surface area contributed by atoms with Gasteiger partial charge in [0.05, 0.1) is 12.7 Å². The first-order chi connectivity index (χ1) is 12.1. The second-order valence-corrected chi connectivity index (χ2v) is 9.64. The van der Waals surface area contributed by atoms with E-state index in [2.05, 4.69) is 9.51 Å². The Morgan fingerprint density at radius 1 is 1.50 bits per heavy atom. The zero-order chi connectivity index (χ0) is 19.5. The van der Waals surface area contributed by atoms with Crippen LogP contribution in [0, 0.1) is 6.92 Å². The molecule has 0 aromatic carbocycles. The molecule has 148 valence electrons. The van der Waals surface area contributed by atoms with E-state index in [1.54, 1.807) is 6.92 Å². The van der Waals surface area contributed by atoms with Crippen LogP contribution >= 0.6 is 29.4 Å². The standard InChI is InChI=1S/C13H21N2O8PS2/c1-7-5-15(13(17)14-12(7)16)11-4-9(22-8(2)26-25-3)10(23-11)6-21-24(18,19)20/h5,8-11H,4,6H2,1-3H3,(H,14,16,17)(H2,18,19,20)/t8-,9?,10-,11-/m1/s1. The number of aromatic nitrogens is 2. The lowest BCUT2D eigenvalue weighted by Crippen LogP contribution is -2.33. The molecule has 1 unspecified atom stereocenters. The Morgan fingerprint density at radius 2 is 2.19 bits per heavy atom. The van der Waals surface area contributed by atoms with Gasteiger partial charge >= 0.3 is 13.5 Å². The molecule has 26 heavy (non-hydrogen) atoms. The van der Waals surface area contributed by atoms with Gasteiger partial charge in [-0.2, -0.15) is 0 Å². The lowest BCUT2D eigenvalue weighted by atomic mass is 10.2. The van der Waals surface area contributed by atoms with Gasteiger partial charge in [-0.1, -0.05) is 21.6 Å². The van der Waals surface area contributed by atoms with Crippen molar-refractivity contribution in [3.63, 3.8) is 0 Å². The first kappa shape index (κ1) is 21.7. The molecule has 0 radical (unpaired) electrons. The third kappa shape index (κ3) is 5.96. The van der Waals surface area contributed by atoms with Gasteiger partial charge in [0.2, 0.25) is 0 Å². The molecule has 1 aromatic rings. The molecule has 3 N–H and O–H groups in total. The van der Waals surface area contributed by atoms with E-state index in [9.17, 15) is 14.2 Å². The first-order valence-corrected chi connectivity index (χ1v) is 11.8. The van der Waals surface area contributed by atoms with Crippen molar-refractivity contribution in [2.75, 3.05) is 12.9 Å². The van der Waals surface area contributed by atoms with Crippen LogP contribution in [0.3, 0.4) is 0 Å². The highest BCUT2D eigenvalue weighted by atomic mass is 33.1. The minimum Gasteiger partial charge on any atom is -0.361 e. The summed E-state index contributed by atoms with van der Waals surface area (Å²) in [6.45, 7) is 3.01. The Balaban J connectivity index is 2.20. The Morgan fingerprint density at radius 3 is 2.81 bits per heavy atom. The third-order valence-corrected chi connectivity index (χ3v) is 6.09. The zero-order valence-corrected chi connectivity index (χ0v) is 16.9. The maximum Gasteiger partial charge on any atom is 0.469 e. The molecule has 1 aliphatic rings. The topological polar surface area (TPSA) is 140 Å². The van der Waals surface area contributed by atoms with Gasteiger partial charge in [0.15, 0.2) is 0 Å². The fraction of sp³-hybridized carbons (Fsp3) is 0.692. The van der Waals surface area contributed by atoms with E-state index < -0.39 is 37.5 Å². The second kappa shape index (κ2) is 9.07. The number of hydrogen-bond donors (Lipinski definition) is 3. The fourth-order valence-corrected chi connectivity index (χ4v) is 4.29. The molecule has 0 amide bonds. The van der Waals surface area contributed by atoms with Crippen LogP contribution in [-0.2, 0) is 18.6 Å². The van der Waals surface area contributed by atoms with Crippen molar-refractivity contribution in [1.29, 1.82) is 0 Å². The van der Waals surface area contributed by atoms with Crippen LogP contribution in [0.4, 0.5) is 0 Å². The summed E-state index contributed by atoms with van der Waals surface area (Å²) in [7, 11) is -1.68. The van der Waals surface area contributed by atoms with Crippen LogP contribution in [0.5, 0.6) is 0 Å². The van der Waals surface area contributed by atoms with Crippen LogP contribution in [0.15, 0.2) is 15.8 Å². The first-order valence-electron chi connectivity index (χ1n) is 7.63. The Bertz CT molecular complexity index is 778. The molecule has 2 heterocycles. The average molecular weight is 428 g/mol. The van der Waals surface area contributed by atoms with Crippen molar-refractivity contribution in [1.82, 2.24) is 9.55 Å². The van der Waals surface area contributed by atoms with Gasteiger partial charge in [-0.25, -0.2) is 9.36 Å². The maximum atomic E-state index is 12.1. The van der Waals surface area contributed by atoms with Gasteiger partial charge in [-0.3, -0.25) is 18.9 Å². The van der Waals surface area contributed by atoms with Gasteiger partial charge in [0.1, 0.15) is 17.8 Å². The van der Waals surface area contributed by atoms with Crippen molar-refractivity contribution in [2.45, 2.75) is 44.1 Å². The number of nitrogens with one attached hydrogen (secondary N) is 1. The SMILES string of the molecule is CSS[C@H](C)OC1C[C@H](n2cc(C)c(=O)[nH]c2=O)O[C@@H]1COP(=O)(O)O. The summed E-state index contributed by atoms with van der Waals surface area (Å²) in [6, 6.07) is 0. The van der Waals surface area contributed by atoms with Gasteiger partial charge in [-0.15, -0.1) is 0 Å². The summed E-state index contributed by atoms with van der Waals surface area (Å²) in [5.74, 6) is 0. The highest BCUT2D eigenvalue weighted by Gasteiger charge is 2.39. The predicted molar refractivity (Wildman–Crippen MR) is 98.0 cm³/mol. The third-order valence-electron chi connectivity index (χ3n) is 3.64. The number of phosphoric acid groups is 1. The molecule has 1 aromatic heterocycles. The Labute approximate surface area is 157 Å². The summed E-state index contributed by atoms with van der Waals surface area (Å²) in [6.07, 6.45) is 1.47. The average Bonchev–Trinajstić information content (AvgIpc) is 2.91. The van der Waals surface area contributed by atoms with Gasteiger partial charge in [0, 0.05) is 18.2 Å². The summed E-state index contributed by atoms with van der Waals surface area (Å²) < 4.78 is 28.4. The number of ether oxygens (including phenoxy) is 2. The number of nitrogens with zero attached hydrogens (tertiary/aromatic N) is 1. The summed E-state index contributed by atoms with van der Waals surface area (Å²) in [4.78, 5) is 43.6. The minimum absolute atomic E-state index is 0.205. The maximum absolute atomic E-state index is 12.1. The molecule has 1 saturated heterocycles. The number of hydrogen-bond acceptors (Lipinski definition) is 8. The van der Waals surface area contributed by atoms with E-state index in [4.69, 9.17) is 19.3 Å². The number of aromatic amines is 1. The van der Waals surface area contributed by atoms with E-state index >= 15 is 0 Å². The lowest BCUT2D eigenvalue weighted by Gasteiger charge is -2.22. The zero-order valence-electron chi connectivity index (χ0n) is 14.4. The minimum atomic E-state index is -4.67. The normalized spacial score (nSPS) is 24.7. The molecule has 10 nitrogen and oxygen atoms in total. The van der Waals surface area contributed by atoms with Crippen LogP contribution in [0.1, 0.15) is 25.1 Å². The molecule has 0 saturated carbocycles. The quantitative estimate of drug-likeness (QED) is 0.312. The van der Waals surface area contributed by atoms with Crippen LogP contribution < -0.4 is 11.2 Å². The largest absolute Gasteiger partial charge is 0.469 e. The van der Waals surface area contributed by atoms with Crippen molar-refractivity contribution >= 4 is 29.4 Å². The summed E-state index contributed by atoms with van der Waals surface area (Å²) in [5.41, 5.74) is -0.980. The Kier molecular flexibility index (Phi) is 7.57. The molecule has 0 spiro atoms. The molecular formula is C13H21N2O8PS2. The molecule has 0 aliphatic carbocycles.